The third-order valence-corrected chi connectivity index (χ3v) is 8.17. The Morgan fingerprint density at radius 3 is 2.68 bits per heavy atom. The Balaban J connectivity index is 1.34. The monoisotopic (exact) mass is 459 g/mol. The van der Waals surface area contributed by atoms with Gasteiger partial charge in [0.1, 0.15) is 5.54 Å². The maximum atomic E-state index is 13.3. The predicted molar refractivity (Wildman–Crippen MR) is 122 cm³/mol. The van der Waals surface area contributed by atoms with E-state index in [0.717, 1.165) is 25.1 Å². The predicted octanol–water partition coefficient (Wildman–Crippen LogP) is 3.49. The highest BCUT2D eigenvalue weighted by Gasteiger charge is 2.47. The van der Waals surface area contributed by atoms with Crippen molar-refractivity contribution >= 4 is 40.4 Å². The Kier molecular flexibility index (Phi) is 5.33. The molecule has 5 rings (SSSR count). The van der Waals surface area contributed by atoms with Crippen molar-refractivity contribution in [2.75, 3.05) is 32.1 Å². The van der Waals surface area contributed by atoms with Crippen LogP contribution in [0.1, 0.15) is 40.1 Å². The second-order valence-corrected chi connectivity index (χ2v) is 10.7. The number of ether oxygens (including phenoxy) is 1. The van der Waals surface area contributed by atoms with Gasteiger partial charge in [-0.25, -0.2) is 0 Å². The number of nitrogens with one attached hydrogen (secondary N) is 2. The van der Waals surface area contributed by atoms with Gasteiger partial charge in [0.05, 0.1) is 15.8 Å². The smallest absolute Gasteiger partial charge is 0.262 e. The standard InChI is InChI=1S/C23H26ClN3O3S/c1-27-10-6-15-2-3-17(12-16(15)13-22(27)7-8-22)25-21(29)23(9-11-30-14-23)26-20(28)18-4-5-19(24)31-18/h2-5,12H,6-11,13-14H2,1H3,(H,25,29)(H,26,28)/t23-/m1/s1. The van der Waals surface area contributed by atoms with Crippen molar-refractivity contribution in [3.63, 3.8) is 0 Å². The molecule has 2 aliphatic heterocycles. The average Bonchev–Trinajstić information content (AvgIpc) is 3.18. The van der Waals surface area contributed by atoms with E-state index < -0.39 is 5.54 Å². The van der Waals surface area contributed by atoms with Crippen molar-refractivity contribution in [1.29, 1.82) is 0 Å². The molecule has 2 aromatic rings. The lowest BCUT2D eigenvalue weighted by Crippen LogP contribution is -2.57. The molecule has 164 valence electrons. The Labute approximate surface area is 190 Å². The summed E-state index contributed by atoms with van der Waals surface area (Å²) >= 11 is 7.15. The summed E-state index contributed by atoms with van der Waals surface area (Å²) in [5, 5.41) is 5.96. The number of anilines is 1. The zero-order chi connectivity index (χ0) is 21.6. The molecule has 6 nitrogen and oxygen atoms in total. The highest BCUT2D eigenvalue weighted by Crippen LogP contribution is 2.46. The number of fused-ring (bicyclic) bond motifs is 1. The highest BCUT2D eigenvalue weighted by molar-refractivity contribution is 7.18. The van der Waals surface area contributed by atoms with Crippen LogP contribution in [0, 0.1) is 0 Å². The molecule has 2 amide bonds. The fourth-order valence-electron chi connectivity index (χ4n) is 4.70. The van der Waals surface area contributed by atoms with Gasteiger partial charge in [0.15, 0.2) is 0 Å². The van der Waals surface area contributed by atoms with E-state index in [2.05, 4.69) is 34.7 Å². The first-order valence-corrected chi connectivity index (χ1v) is 11.9. The number of thiophene rings is 1. The van der Waals surface area contributed by atoms with Gasteiger partial charge in [0.25, 0.3) is 11.8 Å². The van der Waals surface area contributed by atoms with Crippen molar-refractivity contribution in [2.45, 2.75) is 43.2 Å². The van der Waals surface area contributed by atoms with Crippen LogP contribution in [0.5, 0.6) is 0 Å². The van der Waals surface area contributed by atoms with E-state index in [1.807, 2.05) is 6.07 Å². The van der Waals surface area contributed by atoms with E-state index in [0.29, 0.717) is 27.8 Å². The summed E-state index contributed by atoms with van der Waals surface area (Å²) < 4.78 is 6.05. The van der Waals surface area contributed by atoms with Gasteiger partial charge in [-0.15, -0.1) is 11.3 Å². The molecule has 0 bridgehead atoms. The van der Waals surface area contributed by atoms with Crippen LogP contribution in [0.25, 0.3) is 0 Å². The molecule has 2 fully saturated rings. The normalized spacial score (nSPS) is 24.5. The van der Waals surface area contributed by atoms with Crippen LogP contribution in [-0.4, -0.2) is 54.6 Å². The molecule has 1 saturated heterocycles. The fourth-order valence-corrected chi connectivity index (χ4v) is 5.63. The molecule has 0 unspecified atom stereocenters. The minimum Gasteiger partial charge on any atom is -0.378 e. The molecule has 1 atom stereocenters. The number of halogens is 1. The SMILES string of the molecule is CN1CCc2ccc(NC(=O)[C@@]3(NC(=O)c4ccc(Cl)s4)CCOC3)cc2CC12CC2. The number of amides is 2. The molecule has 31 heavy (non-hydrogen) atoms. The van der Waals surface area contributed by atoms with Crippen molar-refractivity contribution in [2.24, 2.45) is 0 Å². The van der Waals surface area contributed by atoms with Gasteiger partial charge in [-0.1, -0.05) is 17.7 Å². The minimum absolute atomic E-state index is 0.155. The number of rotatable bonds is 4. The second kappa shape index (κ2) is 7.89. The molecular formula is C23H26ClN3O3S. The lowest BCUT2D eigenvalue weighted by Gasteiger charge is -2.27. The van der Waals surface area contributed by atoms with Crippen LogP contribution in [0.3, 0.4) is 0 Å². The Bertz CT molecular complexity index is 1030. The summed E-state index contributed by atoms with van der Waals surface area (Å²) in [6.07, 6.45) is 4.95. The van der Waals surface area contributed by atoms with Crippen molar-refractivity contribution in [3.05, 3.63) is 50.7 Å². The number of hydrogen-bond acceptors (Lipinski definition) is 5. The lowest BCUT2D eigenvalue weighted by molar-refractivity contribution is -0.122. The molecule has 1 spiro atoms. The third kappa shape index (κ3) is 4.00. The number of likely N-dealkylation sites (N-methyl/N-ethyl adjacent to an activating group) is 1. The van der Waals surface area contributed by atoms with Gasteiger partial charge < -0.3 is 20.3 Å². The lowest BCUT2D eigenvalue weighted by atomic mass is 9.95. The van der Waals surface area contributed by atoms with E-state index >= 15 is 0 Å². The van der Waals surface area contributed by atoms with Gasteiger partial charge in [-0.05, 0) is 68.1 Å². The average molecular weight is 460 g/mol. The molecule has 0 radical (unpaired) electrons. The number of nitrogens with zero attached hydrogens (tertiary/aromatic N) is 1. The largest absolute Gasteiger partial charge is 0.378 e. The third-order valence-electron chi connectivity index (χ3n) is 6.94. The van der Waals surface area contributed by atoms with Gasteiger partial charge in [-0.3, -0.25) is 9.59 Å². The summed E-state index contributed by atoms with van der Waals surface area (Å²) in [7, 11) is 2.22. The van der Waals surface area contributed by atoms with Crippen molar-refractivity contribution < 1.29 is 14.3 Å². The van der Waals surface area contributed by atoms with Crippen LogP contribution in [0.15, 0.2) is 30.3 Å². The summed E-state index contributed by atoms with van der Waals surface area (Å²) in [6, 6.07) is 9.55. The maximum absolute atomic E-state index is 13.3. The fraction of sp³-hybridized carbons (Fsp3) is 0.478. The first kappa shape index (κ1) is 20.9. The molecule has 1 aromatic carbocycles. The molecule has 3 heterocycles. The van der Waals surface area contributed by atoms with Crippen LogP contribution >= 0.6 is 22.9 Å². The number of carbonyl (C=O) groups excluding carboxylic acids is 2. The second-order valence-electron chi connectivity index (χ2n) is 8.95. The molecular weight excluding hydrogens is 434 g/mol. The van der Waals surface area contributed by atoms with Gasteiger partial charge in [0, 0.05) is 30.8 Å². The Morgan fingerprint density at radius 1 is 1.16 bits per heavy atom. The van der Waals surface area contributed by atoms with Crippen molar-refractivity contribution in [3.8, 4) is 0 Å². The topological polar surface area (TPSA) is 70.7 Å². The van der Waals surface area contributed by atoms with E-state index in [-0.39, 0.29) is 18.4 Å². The summed E-state index contributed by atoms with van der Waals surface area (Å²) in [5.41, 5.74) is 2.65. The minimum atomic E-state index is -1.09. The Hall–Kier alpha value is -1.93. The van der Waals surface area contributed by atoms with Crippen LogP contribution in [0.4, 0.5) is 5.69 Å². The molecule has 3 aliphatic rings. The van der Waals surface area contributed by atoms with Crippen LogP contribution in [0.2, 0.25) is 4.34 Å². The Morgan fingerprint density at radius 2 is 2.00 bits per heavy atom. The first-order valence-electron chi connectivity index (χ1n) is 10.7. The molecule has 1 aromatic heterocycles. The van der Waals surface area contributed by atoms with Gasteiger partial charge >= 0.3 is 0 Å². The van der Waals surface area contributed by atoms with Crippen LogP contribution in [-0.2, 0) is 22.4 Å². The number of hydrogen-bond donors (Lipinski definition) is 2. The van der Waals surface area contributed by atoms with E-state index in [1.54, 1.807) is 12.1 Å². The van der Waals surface area contributed by atoms with E-state index in [9.17, 15) is 9.59 Å². The summed E-state index contributed by atoms with van der Waals surface area (Å²) in [5.74, 6) is -0.550. The van der Waals surface area contributed by atoms with Crippen LogP contribution < -0.4 is 10.6 Å². The molecule has 8 heteroatoms. The summed E-state index contributed by atoms with van der Waals surface area (Å²) in [4.78, 5) is 29.0. The quantitative estimate of drug-likeness (QED) is 0.734. The zero-order valence-corrected chi connectivity index (χ0v) is 19.1. The van der Waals surface area contributed by atoms with E-state index in [4.69, 9.17) is 16.3 Å². The number of benzene rings is 1. The van der Waals surface area contributed by atoms with Gasteiger partial charge in [0.2, 0.25) is 0 Å². The first-order chi connectivity index (χ1) is 14.9. The maximum Gasteiger partial charge on any atom is 0.262 e. The molecule has 1 saturated carbocycles. The summed E-state index contributed by atoms with van der Waals surface area (Å²) in [6.45, 7) is 1.65. The number of carbonyl (C=O) groups is 2. The van der Waals surface area contributed by atoms with E-state index in [1.165, 1.54) is 35.3 Å². The molecule has 1 aliphatic carbocycles. The van der Waals surface area contributed by atoms with Gasteiger partial charge in [-0.2, -0.15) is 0 Å². The van der Waals surface area contributed by atoms with Crippen molar-refractivity contribution in [1.82, 2.24) is 10.2 Å². The highest BCUT2D eigenvalue weighted by atomic mass is 35.5. The zero-order valence-electron chi connectivity index (χ0n) is 17.5. The molecule has 2 N–H and O–H groups in total.